The molecule has 0 atom stereocenters. The number of hydrogen-bond acceptors (Lipinski definition) is 5. The zero-order valence-corrected chi connectivity index (χ0v) is 11.6. The van der Waals surface area contributed by atoms with E-state index >= 15 is 0 Å². The van der Waals surface area contributed by atoms with Crippen molar-refractivity contribution in [3.05, 3.63) is 29.0 Å². The van der Waals surface area contributed by atoms with Crippen LogP contribution in [0.25, 0.3) is 5.82 Å². The molecule has 2 heterocycles. The fourth-order valence-corrected chi connectivity index (χ4v) is 2.26. The van der Waals surface area contributed by atoms with Gasteiger partial charge in [0, 0.05) is 0 Å². The van der Waals surface area contributed by atoms with Gasteiger partial charge in [-0.15, -0.1) is 10.2 Å². The number of aryl methyl sites for hydroxylation is 1. The Bertz CT molecular complexity index is 585. The smallest absolute Gasteiger partial charge is 0.313 e. The summed E-state index contributed by atoms with van der Waals surface area (Å²) in [4.78, 5) is 10.6. The molecule has 8 heteroatoms. The average molecular weight is 299 g/mol. The summed E-state index contributed by atoms with van der Waals surface area (Å²) in [5.41, 5.74) is 0.865. The molecule has 0 radical (unpaired) electrons. The Labute approximate surface area is 118 Å². The molecule has 2 aromatic rings. The van der Waals surface area contributed by atoms with E-state index in [1.165, 1.54) is 11.8 Å². The summed E-state index contributed by atoms with van der Waals surface area (Å²) in [5, 5.41) is 21.8. The maximum Gasteiger partial charge on any atom is 0.313 e. The molecule has 0 aliphatic carbocycles. The van der Waals surface area contributed by atoms with Crippen LogP contribution >= 0.6 is 23.4 Å². The summed E-state index contributed by atoms with van der Waals surface area (Å²) in [6.45, 7) is 1.98. The topological polar surface area (TPSA) is 80.9 Å². The first-order chi connectivity index (χ1) is 9.10. The number of halogens is 1. The molecule has 0 aromatic carbocycles. The van der Waals surface area contributed by atoms with E-state index in [4.69, 9.17) is 16.7 Å². The van der Waals surface area contributed by atoms with E-state index in [-0.39, 0.29) is 5.75 Å². The van der Waals surface area contributed by atoms with Gasteiger partial charge >= 0.3 is 5.97 Å². The second kappa shape index (κ2) is 6.03. The summed E-state index contributed by atoms with van der Waals surface area (Å²) >= 11 is 6.88. The minimum absolute atomic E-state index is 0.0319. The molecule has 0 bridgehead atoms. The van der Waals surface area contributed by atoms with E-state index in [9.17, 15) is 4.79 Å². The molecular formula is C11H11ClN4O2S. The van der Waals surface area contributed by atoms with E-state index in [0.29, 0.717) is 11.0 Å². The Hall–Kier alpha value is -1.60. The van der Waals surface area contributed by atoms with Crippen LogP contribution in [0.15, 0.2) is 23.2 Å². The lowest BCUT2D eigenvalue weighted by atomic mass is 10.3. The third-order valence-electron chi connectivity index (χ3n) is 2.27. The highest BCUT2D eigenvalue weighted by Gasteiger charge is 2.12. The molecule has 19 heavy (non-hydrogen) atoms. The van der Waals surface area contributed by atoms with Crippen LogP contribution in [0.2, 0.25) is 5.15 Å². The zero-order chi connectivity index (χ0) is 13.8. The van der Waals surface area contributed by atoms with E-state index in [1.807, 2.05) is 13.0 Å². The van der Waals surface area contributed by atoms with Crippen molar-refractivity contribution in [3.63, 3.8) is 0 Å². The molecule has 0 unspecified atom stereocenters. The molecule has 0 fully saturated rings. The maximum atomic E-state index is 10.6. The Morgan fingerprint density at radius 1 is 1.47 bits per heavy atom. The van der Waals surface area contributed by atoms with E-state index in [2.05, 4.69) is 15.3 Å². The van der Waals surface area contributed by atoms with Crippen LogP contribution in [0.1, 0.15) is 12.6 Å². The van der Waals surface area contributed by atoms with Crippen LogP contribution in [0, 0.1) is 0 Å². The minimum atomic E-state index is -0.877. The number of rotatable bonds is 5. The normalized spacial score (nSPS) is 10.6. The average Bonchev–Trinajstić information content (AvgIpc) is 2.80. The monoisotopic (exact) mass is 298 g/mol. The van der Waals surface area contributed by atoms with Crippen LogP contribution in [0.3, 0.4) is 0 Å². The van der Waals surface area contributed by atoms with Crippen LogP contribution in [0.4, 0.5) is 0 Å². The number of carbonyl (C=O) groups is 1. The molecule has 1 N–H and O–H groups in total. The Balaban J connectivity index is 2.34. The Morgan fingerprint density at radius 2 is 2.26 bits per heavy atom. The number of thioether (sulfide) groups is 1. The summed E-state index contributed by atoms with van der Waals surface area (Å²) in [7, 11) is 0. The highest BCUT2D eigenvalue weighted by molar-refractivity contribution is 7.99. The number of carboxylic acids is 1. The highest BCUT2D eigenvalue weighted by Crippen LogP contribution is 2.22. The fourth-order valence-electron chi connectivity index (χ4n) is 1.41. The molecule has 2 rings (SSSR count). The van der Waals surface area contributed by atoms with Crippen LogP contribution in [0.5, 0.6) is 0 Å². The van der Waals surface area contributed by atoms with Gasteiger partial charge < -0.3 is 5.11 Å². The lowest BCUT2D eigenvalue weighted by molar-refractivity contribution is -0.133. The van der Waals surface area contributed by atoms with Crippen molar-refractivity contribution < 1.29 is 9.90 Å². The number of carboxylic acid groups (broad SMARTS) is 1. The van der Waals surface area contributed by atoms with E-state index in [0.717, 1.165) is 17.1 Å². The predicted octanol–water partition coefficient (Wildman–Crippen LogP) is 2.05. The number of aliphatic carboxylic acids is 1. The van der Waals surface area contributed by atoms with Gasteiger partial charge in [0.05, 0.1) is 11.4 Å². The van der Waals surface area contributed by atoms with Crippen molar-refractivity contribution in [2.45, 2.75) is 18.4 Å². The second-order valence-electron chi connectivity index (χ2n) is 3.64. The van der Waals surface area contributed by atoms with Crippen molar-refractivity contribution in [1.82, 2.24) is 20.0 Å². The van der Waals surface area contributed by atoms with Gasteiger partial charge in [-0.25, -0.2) is 4.68 Å². The molecule has 6 nitrogen and oxygen atoms in total. The lowest BCUT2D eigenvalue weighted by Crippen LogP contribution is -2.05. The summed E-state index contributed by atoms with van der Waals surface area (Å²) in [5.74, 6) is -0.398. The molecule has 0 saturated heterocycles. The highest BCUT2D eigenvalue weighted by atomic mass is 35.5. The molecule has 0 aliphatic heterocycles. The third-order valence-corrected chi connectivity index (χ3v) is 3.45. The second-order valence-corrected chi connectivity index (χ2v) is 5.02. The standard InChI is InChI=1S/C11H11ClN4O2S/c1-2-7-5-10(19-6-11(17)18)16(15-7)9-4-3-8(12)13-14-9/h3-5H,2,6H2,1H3,(H,17,18). The Kier molecular flexibility index (Phi) is 4.39. The van der Waals surface area contributed by atoms with Crippen LogP contribution in [-0.4, -0.2) is 36.8 Å². The first-order valence-electron chi connectivity index (χ1n) is 5.53. The summed E-state index contributed by atoms with van der Waals surface area (Å²) < 4.78 is 1.58. The van der Waals surface area contributed by atoms with Crippen LogP contribution in [-0.2, 0) is 11.2 Å². The molecule has 0 saturated carbocycles. The van der Waals surface area contributed by atoms with Crippen molar-refractivity contribution >= 4 is 29.3 Å². The van der Waals surface area contributed by atoms with Gasteiger partial charge in [-0.3, -0.25) is 4.79 Å². The molecule has 0 aliphatic rings. The first kappa shape index (κ1) is 13.8. The molecule has 0 spiro atoms. The number of nitrogens with zero attached hydrogens (tertiary/aromatic N) is 4. The van der Waals surface area contributed by atoms with Gasteiger partial charge in [-0.05, 0) is 24.6 Å². The van der Waals surface area contributed by atoms with Gasteiger partial charge in [0.1, 0.15) is 5.03 Å². The Morgan fingerprint density at radius 3 is 2.84 bits per heavy atom. The van der Waals surface area contributed by atoms with Crippen molar-refractivity contribution in [1.29, 1.82) is 0 Å². The van der Waals surface area contributed by atoms with Gasteiger partial charge in [0.25, 0.3) is 0 Å². The van der Waals surface area contributed by atoms with E-state index < -0.39 is 5.97 Å². The molecule has 100 valence electrons. The summed E-state index contributed by atoms with van der Waals surface area (Å²) in [6.07, 6.45) is 0.759. The van der Waals surface area contributed by atoms with Gasteiger partial charge in [0.15, 0.2) is 11.0 Å². The van der Waals surface area contributed by atoms with Crippen molar-refractivity contribution in [2.24, 2.45) is 0 Å². The quantitative estimate of drug-likeness (QED) is 0.851. The fraction of sp³-hybridized carbons (Fsp3) is 0.273. The van der Waals surface area contributed by atoms with Gasteiger partial charge in [-0.2, -0.15) is 5.10 Å². The number of aromatic nitrogens is 4. The third kappa shape index (κ3) is 3.45. The van der Waals surface area contributed by atoms with Crippen molar-refractivity contribution in [2.75, 3.05) is 5.75 Å². The van der Waals surface area contributed by atoms with Gasteiger partial charge in [-0.1, -0.05) is 30.3 Å². The van der Waals surface area contributed by atoms with Gasteiger partial charge in [0.2, 0.25) is 0 Å². The zero-order valence-electron chi connectivity index (χ0n) is 10.1. The molecular weight excluding hydrogens is 288 g/mol. The number of hydrogen-bond donors (Lipinski definition) is 1. The first-order valence-corrected chi connectivity index (χ1v) is 6.89. The summed E-state index contributed by atoms with van der Waals surface area (Å²) in [6, 6.07) is 5.15. The van der Waals surface area contributed by atoms with Crippen LogP contribution < -0.4 is 0 Å². The largest absolute Gasteiger partial charge is 0.481 e. The molecule has 0 amide bonds. The van der Waals surface area contributed by atoms with Crippen molar-refractivity contribution in [3.8, 4) is 5.82 Å². The predicted molar refractivity (Wildman–Crippen MR) is 71.9 cm³/mol. The minimum Gasteiger partial charge on any atom is -0.481 e. The molecule has 2 aromatic heterocycles. The SMILES string of the molecule is CCc1cc(SCC(=O)O)n(-c2ccc(Cl)nn2)n1. The lowest BCUT2D eigenvalue weighted by Gasteiger charge is -2.04. The maximum absolute atomic E-state index is 10.6. The van der Waals surface area contributed by atoms with E-state index in [1.54, 1.807) is 16.8 Å².